The van der Waals surface area contributed by atoms with Crippen LogP contribution < -0.4 is 17.3 Å². The van der Waals surface area contributed by atoms with Crippen LogP contribution in [0.5, 0.6) is 0 Å². The molecule has 0 heterocycles. The van der Waals surface area contributed by atoms with Crippen molar-refractivity contribution < 1.29 is 31.5 Å². The normalized spacial score (nSPS) is 11.4. The number of likely N-dealkylation sites (N-methyl/N-ethyl adjacent to an activating group) is 1. The number of aliphatic hydroxyl groups excluding tert-OH is 1. The minimum absolute atomic E-state index is 0. The van der Waals surface area contributed by atoms with Crippen molar-refractivity contribution in [2.75, 3.05) is 58.4 Å². The molecule has 0 aliphatic heterocycles. The molecule has 0 fully saturated rings. The number of ether oxygens (including phenoxy) is 1. The molecule has 6 nitrogen and oxygen atoms in total. The lowest BCUT2D eigenvalue weighted by Gasteiger charge is -2.28. The lowest BCUT2D eigenvalue weighted by atomic mass is 10.1. The Morgan fingerprint density at radius 3 is 2.32 bits per heavy atom. The van der Waals surface area contributed by atoms with E-state index in [0.29, 0.717) is 17.4 Å². The van der Waals surface area contributed by atoms with Crippen LogP contribution in [-0.4, -0.2) is 69.0 Å². The van der Waals surface area contributed by atoms with E-state index in [1.54, 1.807) is 6.08 Å². The SMILES string of the molecule is CCN(CC)c1ccc(/C=C(\C#N)C(=O)OCCC[N+](C)(C)CCO)cc1.[Cl-]. The van der Waals surface area contributed by atoms with Crippen LogP contribution >= 0.6 is 0 Å². The van der Waals surface area contributed by atoms with Crippen molar-refractivity contribution in [2.45, 2.75) is 20.3 Å². The van der Waals surface area contributed by atoms with E-state index >= 15 is 0 Å². The minimum Gasteiger partial charge on any atom is -1.00 e. The zero-order valence-electron chi connectivity index (χ0n) is 17.3. The number of carbonyl (C=O) groups is 1. The van der Waals surface area contributed by atoms with E-state index in [1.807, 2.05) is 44.4 Å². The van der Waals surface area contributed by atoms with E-state index in [0.717, 1.165) is 30.9 Å². The van der Waals surface area contributed by atoms with Gasteiger partial charge in [0.25, 0.3) is 0 Å². The van der Waals surface area contributed by atoms with E-state index in [4.69, 9.17) is 9.84 Å². The van der Waals surface area contributed by atoms with Crippen LogP contribution in [-0.2, 0) is 9.53 Å². The number of hydrogen-bond acceptors (Lipinski definition) is 5. The fourth-order valence-corrected chi connectivity index (χ4v) is 2.79. The smallest absolute Gasteiger partial charge is 0.348 e. The summed E-state index contributed by atoms with van der Waals surface area (Å²) in [6.45, 7) is 7.88. The van der Waals surface area contributed by atoms with Crippen LogP contribution in [0.3, 0.4) is 0 Å². The number of anilines is 1. The molecule has 28 heavy (non-hydrogen) atoms. The number of quaternary nitrogens is 1. The first-order chi connectivity index (χ1) is 12.9. The Bertz CT molecular complexity index is 662. The Morgan fingerprint density at radius 2 is 1.82 bits per heavy atom. The molecule has 0 amide bonds. The van der Waals surface area contributed by atoms with Gasteiger partial charge in [-0.15, -0.1) is 0 Å². The van der Waals surface area contributed by atoms with Gasteiger partial charge in [0.05, 0.1) is 33.9 Å². The number of nitriles is 1. The maximum atomic E-state index is 12.1. The van der Waals surface area contributed by atoms with Crippen molar-refractivity contribution in [3.63, 3.8) is 0 Å². The van der Waals surface area contributed by atoms with Crippen molar-refractivity contribution in [3.8, 4) is 6.07 Å². The first kappa shape index (κ1) is 25.9. The largest absolute Gasteiger partial charge is 1.00 e. The van der Waals surface area contributed by atoms with Crippen molar-refractivity contribution in [2.24, 2.45) is 0 Å². The molecule has 1 rings (SSSR count). The van der Waals surface area contributed by atoms with Gasteiger partial charge in [0.1, 0.15) is 18.2 Å². The molecule has 1 aromatic rings. The third-order valence-electron chi connectivity index (χ3n) is 4.52. The molecule has 0 aromatic heterocycles. The first-order valence-corrected chi connectivity index (χ1v) is 9.43. The molecular weight excluding hydrogens is 378 g/mol. The number of halogens is 1. The summed E-state index contributed by atoms with van der Waals surface area (Å²) in [5.74, 6) is -0.599. The van der Waals surface area contributed by atoms with Gasteiger partial charge in [0, 0.05) is 25.2 Å². The number of hydrogen-bond donors (Lipinski definition) is 1. The van der Waals surface area contributed by atoms with Gasteiger partial charge in [-0.05, 0) is 37.6 Å². The second-order valence-corrected chi connectivity index (χ2v) is 7.03. The average molecular weight is 410 g/mol. The highest BCUT2D eigenvalue weighted by molar-refractivity contribution is 5.97. The maximum Gasteiger partial charge on any atom is 0.348 e. The van der Waals surface area contributed by atoms with Crippen molar-refractivity contribution in [3.05, 3.63) is 35.4 Å². The molecule has 0 saturated heterocycles. The topological polar surface area (TPSA) is 73.6 Å². The number of carbonyl (C=O) groups excluding carboxylic acids is 1. The average Bonchev–Trinajstić information content (AvgIpc) is 2.65. The number of esters is 1. The molecule has 0 radical (unpaired) electrons. The van der Waals surface area contributed by atoms with Crippen LogP contribution in [0.2, 0.25) is 0 Å². The van der Waals surface area contributed by atoms with Crippen LogP contribution in [0.4, 0.5) is 5.69 Å². The predicted octanol–water partition coefficient (Wildman–Crippen LogP) is -0.554. The van der Waals surface area contributed by atoms with E-state index in [1.165, 1.54) is 0 Å². The lowest BCUT2D eigenvalue weighted by Crippen LogP contribution is -3.00. The fourth-order valence-electron chi connectivity index (χ4n) is 2.79. The summed E-state index contributed by atoms with van der Waals surface area (Å²) in [5, 5.41) is 18.3. The van der Waals surface area contributed by atoms with Gasteiger partial charge in [0.15, 0.2) is 0 Å². The van der Waals surface area contributed by atoms with Gasteiger partial charge < -0.3 is 31.6 Å². The van der Waals surface area contributed by atoms with E-state index in [9.17, 15) is 10.1 Å². The molecule has 7 heteroatoms. The molecule has 1 aromatic carbocycles. The van der Waals surface area contributed by atoms with Crippen LogP contribution in [0.1, 0.15) is 25.8 Å². The van der Waals surface area contributed by atoms with Gasteiger partial charge in [-0.1, -0.05) is 12.1 Å². The molecule has 0 unspecified atom stereocenters. The summed E-state index contributed by atoms with van der Waals surface area (Å²) in [6.07, 6.45) is 2.23. The standard InChI is InChI=1S/C21H32N3O3.ClH/c1-5-23(6-2)20-10-8-18(9-11-20)16-19(17-22)21(26)27-15-7-12-24(3,4)13-14-25;/h8-11,16,25H,5-7,12-15H2,1-4H3;1H/q+1;/p-1/b19-16+;. The summed E-state index contributed by atoms with van der Waals surface area (Å²) >= 11 is 0. The van der Waals surface area contributed by atoms with E-state index in [-0.39, 0.29) is 31.2 Å². The Morgan fingerprint density at radius 1 is 1.21 bits per heavy atom. The monoisotopic (exact) mass is 409 g/mol. The summed E-state index contributed by atoms with van der Waals surface area (Å²) in [4.78, 5) is 14.4. The van der Waals surface area contributed by atoms with Gasteiger partial charge in [0.2, 0.25) is 0 Å². The Balaban J connectivity index is 0.00000729. The van der Waals surface area contributed by atoms with Gasteiger partial charge in [-0.3, -0.25) is 0 Å². The summed E-state index contributed by atoms with van der Waals surface area (Å²) < 4.78 is 5.89. The highest BCUT2D eigenvalue weighted by Gasteiger charge is 2.15. The summed E-state index contributed by atoms with van der Waals surface area (Å²) in [6, 6.07) is 9.69. The number of benzene rings is 1. The van der Waals surface area contributed by atoms with Crippen molar-refractivity contribution in [1.82, 2.24) is 0 Å². The number of aliphatic hydroxyl groups is 1. The van der Waals surface area contributed by atoms with Crippen LogP contribution in [0.15, 0.2) is 29.8 Å². The highest BCUT2D eigenvalue weighted by atomic mass is 35.5. The minimum atomic E-state index is -0.599. The molecular formula is C21H32ClN3O3. The van der Waals surface area contributed by atoms with Crippen molar-refractivity contribution in [1.29, 1.82) is 5.26 Å². The lowest BCUT2D eigenvalue weighted by molar-refractivity contribution is -0.890. The van der Waals surface area contributed by atoms with Gasteiger partial charge in [-0.2, -0.15) is 5.26 Å². The molecule has 0 bridgehead atoms. The molecule has 0 aliphatic rings. The number of nitrogens with zero attached hydrogens (tertiary/aromatic N) is 3. The van der Waals surface area contributed by atoms with Gasteiger partial charge in [-0.25, -0.2) is 4.79 Å². The summed E-state index contributed by atoms with van der Waals surface area (Å²) in [7, 11) is 4.03. The maximum absolute atomic E-state index is 12.1. The molecule has 1 N–H and O–H groups in total. The van der Waals surface area contributed by atoms with E-state index in [2.05, 4.69) is 18.7 Å². The third-order valence-corrected chi connectivity index (χ3v) is 4.52. The Labute approximate surface area is 175 Å². The molecule has 0 aliphatic carbocycles. The number of rotatable bonds is 11. The Hall–Kier alpha value is -2.07. The van der Waals surface area contributed by atoms with E-state index < -0.39 is 5.97 Å². The highest BCUT2D eigenvalue weighted by Crippen LogP contribution is 2.17. The second kappa shape index (κ2) is 13.2. The third kappa shape index (κ3) is 8.75. The fraction of sp³-hybridized carbons (Fsp3) is 0.524. The molecule has 156 valence electrons. The summed E-state index contributed by atoms with van der Waals surface area (Å²) in [5.41, 5.74) is 1.90. The van der Waals surface area contributed by atoms with Crippen molar-refractivity contribution >= 4 is 17.7 Å². The zero-order valence-corrected chi connectivity index (χ0v) is 18.1. The second-order valence-electron chi connectivity index (χ2n) is 7.03. The Kier molecular flexibility index (Phi) is 12.2. The molecule has 0 saturated carbocycles. The first-order valence-electron chi connectivity index (χ1n) is 9.43. The predicted molar refractivity (Wildman–Crippen MR) is 108 cm³/mol. The zero-order chi connectivity index (χ0) is 20.3. The molecule has 0 spiro atoms. The quantitative estimate of drug-likeness (QED) is 0.174. The van der Waals surface area contributed by atoms with Gasteiger partial charge >= 0.3 is 5.97 Å². The molecule has 0 atom stereocenters. The van der Waals surface area contributed by atoms with Crippen LogP contribution in [0, 0.1) is 11.3 Å². The van der Waals surface area contributed by atoms with Crippen LogP contribution in [0.25, 0.3) is 6.08 Å².